The Hall–Kier alpha value is 0.150. The molecule has 2 atom stereocenters. The third-order valence-electron chi connectivity index (χ3n) is 2.17. The zero-order valence-electron chi connectivity index (χ0n) is 6.80. The lowest BCUT2D eigenvalue weighted by Gasteiger charge is -2.24. The van der Waals surface area contributed by atoms with Crippen LogP contribution in [0.3, 0.4) is 0 Å². The smallest absolute Gasteiger partial charge is 0.0370 e. The van der Waals surface area contributed by atoms with Crippen molar-refractivity contribution < 1.29 is 4.21 Å². The highest BCUT2D eigenvalue weighted by Crippen LogP contribution is 2.21. The molecule has 1 nitrogen and oxygen atoms in total. The molecule has 0 spiro atoms. The summed E-state index contributed by atoms with van der Waals surface area (Å²) in [5.74, 6) is 1.56. The van der Waals surface area contributed by atoms with E-state index in [1.807, 2.05) is 0 Å². The molecule has 1 fully saturated rings. The normalized spacial score (nSPS) is 34.7. The first-order chi connectivity index (χ1) is 4.72. The second-order valence-electron chi connectivity index (χ2n) is 3.36. The predicted molar refractivity (Wildman–Crippen MR) is 45.5 cm³/mol. The van der Waals surface area contributed by atoms with Gasteiger partial charge < -0.3 is 0 Å². The van der Waals surface area contributed by atoms with Crippen molar-refractivity contribution >= 4 is 10.8 Å². The Morgan fingerprint density at radius 3 is 2.50 bits per heavy atom. The number of hydrogen-bond donors (Lipinski definition) is 0. The third-order valence-corrected chi connectivity index (χ3v) is 4.31. The van der Waals surface area contributed by atoms with Crippen molar-refractivity contribution in [3.05, 3.63) is 0 Å². The van der Waals surface area contributed by atoms with E-state index in [-0.39, 0.29) is 0 Å². The predicted octanol–water partition coefficient (Wildman–Crippen LogP) is 1.94. The Morgan fingerprint density at radius 2 is 2.10 bits per heavy atom. The first-order valence-corrected chi connectivity index (χ1v) is 5.47. The van der Waals surface area contributed by atoms with Gasteiger partial charge in [-0.3, -0.25) is 4.21 Å². The minimum atomic E-state index is -0.508. The van der Waals surface area contributed by atoms with Crippen LogP contribution in [-0.4, -0.2) is 15.2 Å². The quantitative estimate of drug-likeness (QED) is 0.573. The van der Waals surface area contributed by atoms with Crippen molar-refractivity contribution in [1.29, 1.82) is 0 Å². The van der Waals surface area contributed by atoms with Crippen LogP contribution in [0.25, 0.3) is 0 Å². The van der Waals surface area contributed by atoms with E-state index in [0.717, 1.165) is 5.75 Å². The summed E-state index contributed by atoms with van der Waals surface area (Å²) in [5, 5.41) is 0.494. The summed E-state index contributed by atoms with van der Waals surface area (Å²) in [6.45, 7) is 4.35. The summed E-state index contributed by atoms with van der Waals surface area (Å²) in [6, 6.07) is 0. The summed E-state index contributed by atoms with van der Waals surface area (Å²) in [7, 11) is -0.508. The van der Waals surface area contributed by atoms with Gasteiger partial charge in [-0.15, -0.1) is 0 Å². The van der Waals surface area contributed by atoms with Crippen LogP contribution in [0.2, 0.25) is 0 Å². The van der Waals surface area contributed by atoms with E-state index < -0.39 is 10.8 Å². The lowest BCUT2D eigenvalue weighted by atomic mass is 10.0. The highest BCUT2D eigenvalue weighted by atomic mass is 32.2. The van der Waals surface area contributed by atoms with E-state index in [0.29, 0.717) is 11.2 Å². The van der Waals surface area contributed by atoms with Gasteiger partial charge in [-0.2, -0.15) is 0 Å². The highest BCUT2D eigenvalue weighted by Gasteiger charge is 2.23. The van der Waals surface area contributed by atoms with Gasteiger partial charge in [0.05, 0.1) is 0 Å². The fraction of sp³-hybridized carbons (Fsp3) is 1.00. The molecular weight excluding hydrogens is 144 g/mol. The summed E-state index contributed by atoms with van der Waals surface area (Å²) in [4.78, 5) is 0. The molecule has 0 aromatic carbocycles. The van der Waals surface area contributed by atoms with Gasteiger partial charge >= 0.3 is 0 Å². The zero-order valence-corrected chi connectivity index (χ0v) is 7.62. The van der Waals surface area contributed by atoms with E-state index in [1.54, 1.807) is 0 Å². The van der Waals surface area contributed by atoms with Gasteiger partial charge in [-0.1, -0.05) is 20.3 Å². The average Bonchev–Trinajstić information content (AvgIpc) is 1.88. The zero-order chi connectivity index (χ0) is 7.56. The molecule has 0 unspecified atom stereocenters. The van der Waals surface area contributed by atoms with Gasteiger partial charge in [-0.05, 0) is 18.8 Å². The Kier molecular flexibility index (Phi) is 2.90. The molecule has 60 valence electrons. The van der Waals surface area contributed by atoms with Gasteiger partial charge in [0.15, 0.2) is 0 Å². The fourth-order valence-electron chi connectivity index (χ4n) is 1.51. The molecule has 0 N–H and O–H groups in total. The molecule has 1 aliphatic rings. The molecule has 1 rings (SSSR count). The molecule has 0 bridgehead atoms. The monoisotopic (exact) mass is 160 g/mol. The standard InChI is InChI=1S/C8H16OS/c1-7(2)8-5-3-4-6-10(8)9/h7-8H,3-6H2,1-2H3/t8-,10-/m0/s1. The minimum absolute atomic E-state index is 0.494. The summed E-state index contributed by atoms with van der Waals surface area (Å²) in [6.07, 6.45) is 3.65. The van der Waals surface area contributed by atoms with Gasteiger partial charge in [0.2, 0.25) is 0 Å². The second kappa shape index (κ2) is 3.51. The molecule has 0 amide bonds. The largest absolute Gasteiger partial charge is 0.259 e. The molecule has 2 heteroatoms. The van der Waals surface area contributed by atoms with E-state index in [1.165, 1.54) is 19.3 Å². The van der Waals surface area contributed by atoms with Crippen LogP contribution in [0.4, 0.5) is 0 Å². The lowest BCUT2D eigenvalue weighted by molar-refractivity contribution is 0.514. The van der Waals surface area contributed by atoms with Crippen LogP contribution in [0.5, 0.6) is 0 Å². The Labute approximate surface area is 65.7 Å². The molecule has 0 radical (unpaired) electrons. The summed E-state index contributed by atoms with van der Waals surface area (Å²) < 4.78 is 11.3. The Morgan fingerprint density at radius 1 is 1.40 bits per heavy atom. The third kappa shape index (κ3) is 1.82. The van der Waals surface area contributed by atoms with Crippen LogP contribution < -0.4 is 0 Å². The maximum Gasteiger partial charge on any atom is 0.0370 e. The summed E-state index contributed by atoms with van der Waals surface area (Å²) >= 11 is 0. The fourth-order valence-corrected chi connectivity index (χ4v) is 3.34. The highest BCUT2D eigenvalue weighted by molar-refractivity contribution is 7.85. The van der Waals surface area contributed by atoms with Crippen molar-refractivity contribution in [3.8, 4) is 0 Å². The van der Waals surface area contributed by atoms with Crippen molar-refractivity contribution in [2.45, 2.75) is 38.4 Å². The minimum Gasteiger partial charge on any atom is -0.259 e. The van der Waals surface area contributed by atoms with Crippen LogP contribution in [0.15, 0.2) is 0 Å². The average molecular weight is 160 g/mol. The number of hydrogen-bond acceptors (Lipinski definition) is 1. The van der Waals surface area contributed by atoms with Gasteiger partial charge in [0.25, 0.3) is 0 Å². The maximum absolute atomic E-state index is 11.3. The molecule has 1 heterocycles. The topological polar surface area (TPSA) is 17.1 Å². The van der Waals surface area contributed by atoms with Crippen LogP contribution >= 0.6 is 0 Å². The van der Waals surface area contributed by atoms with Crippen LogP contribution in [0, 0.1) is 5.92 Å². The van der Waals surface area contributed by atoms with Gasteiger partial charge in [0.1, 0.15) is 0 Å². The molecule has 0 saturated carbocycles. The molecule has 10 heavy (non-hydrogen) atoms. The van der Waals surface area contributed by atoms with E-state index in [9.17, 15) is 4.21 Å². The van der Waals surface area contributed by atoms with Crippen molar-refractivity contribution in [2.24, 2.45) is 5.92 Å². The lowest BCUT2D eigenvalue weighted by Crippen LogP contribution is -2.27. The van der Waals surface area contributed by atoms with Crippen LogP contribution in [0.1, 0.15) is 33.1 Å². The SMILES string of the molecule is CC(C)[C@@H]1CCCC[S@@]1=O. The number of rotatable bonds is 1. The van der Waals surface area contributed by atoms with Crippen molar-refractivity contribution in [2.75, 3.05) is 5.75 Å². The molecule has 0 aromatic rings. The second-order valence-corrected chi connectivity index (χ2v) is 5.14. The van der Waals surface area contributed by atoms with Gasteiger partial charge in [-0.25, -0.2) is 0 Å². The Bertz CT molecular complexity index is 131. The molecular formula is C8H16OS. The van der Waals surface area contributed by atoms with E-state index >= 15 is 0 Å². The van der Waals surface area contributed by atoms with Crippen LogP contribution in [-0.2, 0) is 10.8 Å². The van der Waals surface area contributed by atoms with Gasteiger partial charge in [0, 0.05) is 21.8 Å². The Balaban J connectivity index is 2.48. The molecule has 1 saturated heterocycles. The first-order valence-electron chi connectivity index (χ1n) is 4.09. The first kappa shape index (κ1) is 8.25. The van der Waals surface area contributed by atoms with E-state index in [4.69, 9.17) is 0 Å². The van der Waals surface area contributed by atoms with E-state index in [2.05, 4.69) is 13.8 Å². The molecule has 1 aliphatic heterocycles. The summed E-state index contributed by atoms with van der Waals surface area (Å²) in [5.41, 5.74) is 0. The van der Waals surface area contributed by atoms with Crippen molar-refractivity contribution in [3.63, 3.8) is 0 Å². The molecule has 0 aromatic heterocycles. The maximum atomic E-state index is 11.3. The molecule has 0 aliphatic carbocycles. The van der Waals surface area contributed by atoms with Crippen molar-refractivity contribution in [1.82, 2.24) is 0 Å².